The first-order valence-electron chi connectivity index (χ1n) is 7.74. The van der Waals surface area contributed by atoms with Crippen LogP contribution in [-0.2, 0) is 12.7 Å². The Balaban J connectivity index is 1.78. The fraction of sp³-hybridized carbons (Fsp3) is 0.118. The lowest BCUT2D eigenvalue weighted by atomic mass is 10.2. The van der Waals surface area contributed by atoms with E-state index in [1.54, 1.807) is 6.07 Å². The van der Waals surface area contributed by atoms with E-state index in [0.29, 0.717) is 4.52 Å². The van der Waals surface area contributed by atoms with Gasteiger partial charge in [-0.2, -0.15) is 18.3 Å². The molecule has 0 fully saturated rings. The maximum Gasteiger partial charge on any atom is 0.433 e. The van der Waals surface area contributed by atoms with Crippen LogP contribution in [0.5, 0.6) is 0 Å². The second-order valence-corrected chi connectivity index (χ2v) is 6.59. The molecule has 0 aliphatic heterocycles. The highest BCUT2D eigenvalue weighted by Gasteiger charge is 2.36. The minimum absolute atomic E-state index is 0.0346. The minimum atomic E-state index is -4.68. The predicted molar refractivity (Wildman–Crippen MR) is 91.2 cm³/mol. The van der Waals surface area contributed by atoms with Crippen LogP contribution in [0.1, 0.15) is 20.9 Å². The van der Waals surface area contributed by atoms with Gasteiger partial charge >= 0.3 is 6.18 Å². The number of nitrogens with zero attached hydrogens (tertiary/aromatic N) is 3. The number of furan rings is 1. The Hall–Kier alpha value is -3.14. The molecule has 0 unspecified atom stereocenters. The molecule has 4 aromatic heterocycles. The fourth-order valence-corrected chi connectivity index (χ4v) is 3.20. The molecule has 138 valence electrons. The van der Waals surface area contributed by atoms with Gasteiger partial charge in [0.25, 0.3) is 5.91 Å². The van der Waals surface area contributed by atoms with E-state index in [1.807, 2.05) is 17.5 Å². The van der Waals surface area contributed by atoms with Gasteiger partial charge in [-0.1, -0.05) is 6.07 Å². The number of carbonyl (C=O) groups excluding carboxylic acids is 1. The van der Waals surface area contributed by atoms with Gasteiger partial charge in [-0.15, -0.1) is 11.3 Å². The molecule has 4 aromatic rings. The number of hydrogen-bond donors (Lipinski definition) is 1. The van der Waals surface area contributed by atoms with Crippen molar-refractivity contribution in [1.29, 1.82) is 0 Å². The molecule has 0 atom stereocenters. The summed E-state index contributed by atoms with van der Waals surface area (Å²) in [7, 11) is 0. The second kappa shape index (κ2) is 6.54. The lowest BCUT2D eigenvalue weighted by molar-refractivity contribution is -0.142. The van der Waals surface area contributed by atoms with Crippen LogP contribution in [-0.4, -0.2) is 20.5 Å². The first-order valence-corrected chi connectivity index (χ1v) is 8.62. The van der Waals surface area contributed by atoms with Crippen LogP contribution in [0, 0.1) is 0 Å². The van der Waals surface area contributed by atoms with Crippen LogP contribution >= 0.6 is 11.3 Å². The van der Waals surface area contributed by atoms with Crippen molar-refractivity contribution in [2.45, 2.75) is 12.7 Å². The number of hydrogen-bond acceptors (Lipinski definition) is 5. The third kappa shape index (κ3) is 3.31. The quantitative estimate of drug-likeness (QED) is 0.570. The van der Waals surface area contributed by atoms with Crippen molar-refractivity contribution < 1.29 is 22.4 Å². The van der Waals surface area contributed by atoms with Crippen molar-refractivity contribution in [1.82, 2.24) is 19.9 Å². The minimum Gasteiger partial charge on any atom is -0.463 e. The van der Waals surface area contributed by atoms with Crippen molar-refractivity contribution in [3.8, 4) is 11.5 Å². The van der Waals surface area contributed by atoms with E-state index in [0.717, 1.165) is 17.1 Å². The molecule has 0 aromatic carbocycles. The number of rotatable bonds is 4. The summed E-state index contributed by atoms with van der Waals surface area (Å²) in [6.07, 6.45) is -2.27. The molecular weight excluding hydrogens is 381 g/mol. The van der Waals surface area contributed by atoms with Crippen molar-refractivity contribution in [2.24, 2.45) is 0 Å². The highest BCUT2D eigenvalue weighted by molar-refractivity contribution is 7.09. The number of fused-ring (bicyclic) bond motifs is 1. The first-order chi connectivity index (χ1) is 12.9. The van der Waals surface area contributed by atoms with E-state index < -0.39 is 17.8 Å². The zero-order chi connectivity index (χ0) is 19.0. The molecule has 1 N–H and O–H groups in total. The maximum atomic E-state index is 13.5. The molecular formula is C17H11F3N4O2S. The topological polar surface area (TPSA) is 72.4 Å². The molecule has 6 nitrogen and oxygen atoms in total. The molecule has 0 saturated carbocycles. The molecule has 0 aliphatic rings. The van der Waals surface area contributed by atoms with Crippen LogP contribution in [0.15, 0.2) is 52.6 Å². The second-order valence-electron chi connectivity index (χ2n) is 5.56. The van der Waals surface area contributed by atoms with Gasteiger partial charge in [0.15, 0.2) is 17.1 Å². The third-order valence-corrected chi connectivity index (χ3v) is 4.66. The van der Waals surface area contributed by atoms with E-state index in [-0.39, 0.29) is 29.2 Å². The number of carbonyl (C=O) groups is 1. The Labute approximate surface area is 154 Å². The maximum absolute atomic E-state index is 13.5. The van der Waals surface area contributed by atoms with E-state index in [2.05, 4.69) is 15.4 Å². The summed E-state index contributed by atoms with van der Waals surface area (Å²) < 4.78 is 46.2. The highest BCUT2D eigenvalue weighted by Crippen LogP contribution is 2.32. The standard InChI is InChI=1S/C17H11F3N4O2S/c18-17(19,20)14-7-12(13-4-1-5-26-13)23-15-11(9-22-24(14)15)16(25)21-8-10-3-2-6-27-10/h1-7,9H,8H2,(H,21,25). The van der Waals surface area contributed by atoms with E-state index in [9.17, 15) is 18.0 Å². The summed E-state index contributed by atoms with van der Waals surface area (Å²) in [6, 6.07) is 7.56. The predicted octanol–water partition coefficient (Wildman–Crippen LogP) is 4.00. The van der Waals surface area contributed by atoms with Crippen LogP contribution in [0.3, 0.4) is 0 Å². The van der Waals surface area contributed by atoms with Gasteiger partial charge in [0.1, 0.15) is 11.3 Å². The Morgan fingerprint density at radius 1 is 1.30 bits per heavy atom. The summed E-state index contributed by atoms with van der Waals surface area (Å²) >= 11 is 1.46. The molecule has 4 heterocycles. The number of aromatic nitrogens is 3. The zero-order valence-electron chi connectivity index (χ0n) is 13.5. The van der Waals surface area contributed by atoms with Crippen LogP contribution in [0.25, 0.3) is 17.1 Å². The molecule has 4 rings (SSSR count). The Morgan fingerprint density at radius 3 is 2.81 bits per heavy atom. The van der Waals surface area contributed by atoms with Crippen LogP contribution in [0.4, 0.5) is 13.2 Å². The third-order valence-electron chi connectivity index (χ3n) is 3.78. The van der Waals surface area contributed by atoms with E-state index in [1.165, 1.54) is 23.7 Å². The molecule has 10 heteroatoms. The summed E-state index contributed by atoms with van der Waals surface area (Å²) in [5.41, 5.74) is -1.32. The fourth-order valence-electron chi connectivity index (χ4n) is 2.55. The van der Waals surface area contributed by atoms with Gasteiger partial charge in [-0.25, -0.2) is 9.50 Å². The van der Waals surface area contributed by atoms with Crippen LogP contribution < -0.4 is 5.32 Å². The van der Waals surface area contributed by atoms with Crippen LogP contribution in [0.2, 0.25) is 0 Å². The lowest BCUT2D eigenvalue weighted by Gasteiger charge is -2.10. The van der Waals surface area contributed by atoms with Gasteiger partial charge in [0, 0.05) is 4.88 Å². The average molecular weight is 392 g/mol. The van der Waals surface area contributed by atoms with Crippen molar-refractivity contribution in [2.75, 3.05) is 0 Å². The monoisotopic (exact) mass is 392 g/mol. The zero-order valence-corrected chi connectivity index (χ0v) is 14.3. The number of alkyl halides is 3. The largest absolute Gasteiger partial charge is 0.463 e. The Bertz CT molecular complexity index is 1090. The number of amides is 1. The van der Waals surface area contributed by atoms with E-state index in [4.69, 9.17) is 4.42 Å². The van der Waals surface area contributed by atoms with Crippen molar-refractivity contribution in [3.05, 3.63) is 64.3 Å². The molecule has 0 saturated heterocycles. The molecule has 1 amide bonds. The summed E-state index contributed by atoms with van der Waals surface area (Å²) in [4.78, 5) is 17.6. The summed E-state index contributed by atoms with van der Waals surface area (Å²) in [5.74, 6) is -0.398. The first kappa shape index (κ1) is 17.3. The number of halogens is 3. The summed E-state index contributed by atoms with van der Waals surface area (Å²) in [6.45, 7) is 0.262. The molecule has 0 bridgehead atoms. The summed E-state index contributed by atoms with van der Waals surface area (Å²) in [5, 5.41) is 8.25. The smallest absolute Gasteiger partial charge is 0.433 e. The molecule has 0 radical (unpaired) electrons. The van der Waals surface area contributed by atoms with Gasteiger partial charge in [0.2, 0.25) is 0 Å². The van der Waals surface area contributed by atoms with Crippen molar-refractivity contribution in [3.63, 3.8) is 0 Å². The Morgan fingerprint density at radius 2 is 2.15 bits per heavy atom. The van der Waals surface area contributed by atoms with Gasteiger partial charge in [-0.3, -0.25) is 4.79 Å². The van der Waals surface area contributed by atoms with Gasteiger partial charge in [-0.05, 0) is 29.6 Å². The molecule has 0 spiro atoms. The van der Waals surface area contributed by atoms with E-state index >= 15 is 0 Å². The Kier molecular flexibility index (Phi) is 4.19. The average Bonchev–Trinajstić information content (AvgIpc) is 3.39. The SMILES string of the molecule is O=C(NCc1cccs1)c1cnn2c(C(F)(F)F)cc(-c3ccco3)nc12. The molecule has 0 aliphatic carbocycles. The highest BCUT2D eigenvalue weighted by atomic mass is 32.1. The number of thiophene rings is 1. The number of nitrogens with one attached hydrogen (secondary N) is 1. The lowest BCUT2D eigenvalue weighted by Crippen LogP contribution is -2.22. The normalized spacial score (nSPS) is 11.8. The van der Waals surface area contributed by atoms with Gasteiger partial charge < -0.3 is 9.73 Å². The van der Waals surface area contributed by atoms with Gasteiger partial charge in [0.05, 0.1) is 19.0 Å². The van der Waals surface area contributed by atoms with Crippen molar-refractivity contribution >= 4 is 22.9 Å². The molecule has 27 heavy (non-hydrogen) atoms.